The number of methoxy groups -OCH3 is 1. The molecule has 0 fully saturated rings. The number of hydrogen-bond acceptors (Lipinski definition) is 9. The zero-order chi connectivity index (χ0) is 28.7. The standard InChI is InChI=1S/C28H29Cl2NO8/c1-6-36-27(33)24-15(3)31-16(4)25(28(34)37-7-2)26(24)17-8-10-21(22(12-17)35-5)39-23(32)14-38-20-11-9-18(29)13-19(20)30/h8-13,26,31H,6-7,14H2,1-5H3. The Morgan fingerprint density at radius 1 is 0.846 bits per heavy atom. The van der Waals surface area contributed by atoms with Crippen LogP contribution in [-0.4, -0.2) is 44.8 Å². The monoisotopic (exact) mass is 577 g/mol. The maximum atomic E-state index is 13.0. The number of carbonyl (C=O) groups excluding carboxylic acids is 3. The fourth-order valence-electron chi connectivity index (χ4n) is 4.12. The van der Waals surface area contributed by atoms with E-state index < -0.39 is 30.4 Å². The number of hydrogen-bond donors (Lipinski definition) is 1. The van der Waals surface area contributed by atoms with Crippen LogP contribution in [0, 0.1) is 0 Å². The summed E-state index contributed by atoms with van der Waals surface area (Å²) in [6, 6.07) is 9.36. The van der Waals surface area contributed by atoms with Crippen LogP contribution < -0.4 is 19.5 Å². The molecule has 39 heavy (non-hydrogen) atoms. The smallest absolute Gasteiger partial charge is 0.349 e. The summed E-state index contributed by atoms with van der Waals surface area (Å²) in [5.74, 6) is -2.09. The Balaban J connectivity index is 1.93. The second-order valence-corrected chi connectivity index (χ2v) is 9.17. The zero-order valence-electron chi connectivity index (χ0n) is 22.2. The van der Waals surface area contributed by atoms with E-state index in [9.17, 15) is 14.4 Å². The van der Waals surface area contributed by atoms with Gasteiger partial charge in [-0.05, 0) is 63.6 Å². The highest BCUT2D eigenvalue weighted by Gasteiger charge is 2.38. The second kappa shape index (κ2) is 13.4. The number of ether oxygens (including phenoxy) is 5. The Hall–Kier alpha value is -3.69. The third-order valence-corrected chi connectivity index (χ3v) is 6.27. The summed E-state index contributed by atoms with van der Waals surface area (Å²) in [4.78, 5) is 38.5. The average Bonchev–Trinajstić information content (AvgIpc) is 2.88. The molecule has 208 valence electrons. The van der Waals surface area contributed by atoms with Crippen LogP contribution >= 0.6 is 23.2 Å². The zero-order valence-corrected chi connectivity index (χ0v) is 23.7. The fraction of sp³-hybridized carbons (Fsp3) is 0.321. The molecular weight excluding hydrogens is 549 g/mol. The summed E-state index contributed by atoms with van der Waals surface area (Å²) in [7, 11) is 1.41. The van der Waals surface area contributed by atoms with Crippen molar-refractivity contribution in [1.29, 1.82) is 0 Å². The topological polar surface area (TPSA) is 109 Å². The molecule has 3 rings (SSSR count). The molecule has 0 unspecified atom stereocenters. The number of carbonyl (C=O) groups is 3. The molecule has 1 aliphatic heterocycles. The lowest BCUT2D eigenvalue weighted by Crippen LogP contribution is -2.32. The van der Waals surface area contributed by atoms with Crippen molar-refractivity contribution in [2.45, 2.75) is 33.6 Å². The first-order valence-electron chi connectivity index (χ1n) is 12.1. The van der Waals surface area contributed by atoms with Crippen LogP contribution in [0.25, 0.3) is 0 Å². The maximum absolute atomic E-state index is 13.0. The summed E-state index contributed by atoms with van der Waals surface area (Å²) in [6.07, 6.45) is 0. The highest BCUT2D eigenvalue weighted by atomic mass is 35.5. The molecule has 11 heteroatoms. The molecule has 9 nitrogen and oxygen atoms in total. The molecule has 1 heterocycles. The molecule has 0 bridgehead atoms. The van der Waals surface area contributed by atoms with Crippen LogP contribution in [0.4, 0.5) is 0 Å². The van der Waals surface area contributed by atoms with Crippen LogP contribution in [0.3, 0.4) is 0 Å². The van der Waals surface area contributed by atoms with Crippen LogP contribution in [0.5, 0.6) is 17.2 Å². The van der Waals surface area contributed by atoms with Crippen molar-refractivity contribution in [2.75, 3.05) is 26.9 Å². The highest BCUT2D eigenvalue weighted by molar-refractivity contribution is 6.35. The predicted molar refractivity (Wildman–Crippen MR) is 145 cm³/mol. The molecule has 0 atom stereocenters. The summed E-state index contributed by atoms with van der Waals surface area (Å²) < 4.78 is 27.0. The van der Waals surface area contributed by atoms with Crippen molar-refractivity contribution in [3.63, 3.8) is 0 Å². The van der Waals surface area contributed by atoms with Crippen molar-refractivity contribution in [3.8, 4) is 17.2 Å². The first-order chi connectivity index (χ1) is 18.6. The van der Waals surface area contributed by atoms with E-state index in [4.69, 9.17) is 46.9 Å². The quantitative estimate of drug-likeness (QED) is 0.295. The summed E-state index contributed by atoms with van der Waals surface area (Å²) >= 11 is 12.0. The molecule has 0 aliphatic carbocycles. The van der Waals surface area contributed by atoms with E-state index in [2.05, 4.69) is 5.32 Å². The van der Waals surface area contributed by atoms with E-state index in [0.29, 0.717) is 22.0 Å². The Morgan fingerprint density at radius 3 is 1.97 bits per heavy atom. The molecule has 2 aromatic carbocycles. The van der Waals surface area contributed by atoms with Crippen molar-refractivity contribution in [3.05, 3.63) is 74.5 Å². The average molecular weight is 578 g/mol. The van der Waals surface area contributed by atoms with Gasteiger partial charge in [0.25, 0.3) is 0 Å². The normalized spacial score (nSPS) is 13.5. The number of dihydropyridines is 1. The van der Waals surface area contributed by atoms with E-state index in [1.54, 1.807) is 52.0 Å². The molecule has 1 aliphatic rings. The number of benzene rings is 2. The minimum absolute atomic E-state index is 0.114. The lowest BCUT2D eigenvalue weighted by atomic mass is 9.80. The van der Waals surface area contributed by atoms with Crippen LogP contribution in [-0.2, 0) is 23.9 Å². The van der Waals surface area contributed by atoms with Gasteiger partial charge < -0.3 is 29.0 Å². The Kier molecular flexibility index (Phi) is 10.3. The fourth-order valence-corrected chi connectivity index (χ4v) is 4.58. The molecule has 1 N–H and O–H groups in total. The van der Waals surface area contributed by atoms with Crippen molar-refractivity contribution in [1.82, 2.24) is 5.32 Å². The van der Waals surface area contributed by atoms with E-state index in [1.807, 2.05) is 0 Å². The molecule has 2 aromatic rings. The van der Waals surface area contributed by atoms with Gasteiger partial charge in [-0.2, -0.15) is 0 Å². The van der Waals surface area contributed by atoms with Gasteiger partial charge in [-0.15, -0.1) is 0 Å². The second-order valence-electron chi connectivity index (χ2n) is 8.32. The van der Waals surface area contributed by atoms with Crippen molar-refractivity contribution < 1.29 is 38.1 Å². The molecule has 0 saturated carbocycles. The first kappa shape index (κ1) is 29.9. The SMILES string of the molecule is CCOC(=O)C1=C(C)NC(C)=C(C(=O)OCC)C1c1ccc(OC(=O)COc2ccc(Cl)cc2Cl)c(OC)c1. The lowest BCUT2D eigenvalue weighted by Gasteiger charge is -2.30. The minimum atomic E-state index is -0.821. The molecule has 0 saturated heterocycles. The van der Waals surface area contributed by atoms with E-state index in [0.717, 1.165) is 0 Å². The first-order valence-corrected chi connectivity index (χ1v) is 12.9. The number of rotatable bonds is 10. The van der Waals surface area contributed by atoms with Crippen molar-refractivity contribution >= 4 is 41.1 Å². The minimum Gasteiger partial charge on any atom is -0.493 e. The number of nitrogens with one attached hydrogen (secondary N) is 1. The predicted octanol–water partition coefficient (Wildman–Crippen LogP) is 5.35. The summed E-state index contributed by atoms with van der Waals surface area (Å²) in [5.41, 5.74) is 2.12. The van der Waals surface area contributed by atoms with Gasteiger partial charge in [0.05, 0.1) is 42.4 Å². The van der Waals surface area contributed by atoms with E-state index >= 15 is 0 Å². The van der Waals surface area contributed by atoms with Gasteiger partial charge in [-0.3, -0.25) is 0 Å². The van der Waals surface area contributed by atoms with Gasteiger partial charge >= 0.3 is 17.9 Å². The third-order valence-electron chi connectivity index (χ3n) is 5.74. The molecule has 0 aromatic heterocycles. The third kappa shape index (κ3) is 7.04. The van der Waals surface area contributed by atoms with Gasteiger partial charge in [0.1, 0.15) is 5.75 Å². The maximum Gasteiger partial charge on any atom is 0.349 e. The van der Waals surface area contributed by atoms with E-state index in [1.165, 1.54) is 19.2 Å². The number of esters is 3. The number of allylic oxidation sites excluding steroid dienone is 2. The van der Waals surface area contributed by atoms with Gasteiger partial charge in [-0.1, -0.05) is 29.3 Å². The lowest BCUT2D eigenvalue weighted by molar-refractivity contribution is -0.140. The van der Waals surface area contributed by atoms with Gasteiger partial charge in [0.15, 0.2) is 18.1 Å². The van der Waals surface area contributed by atoms with Crippen molar-refractivity contribution in [2.24, 2.45) is 0 Å². The Labute approximate surface area is 236 Å². The molecule has 0 radical (unpaired) electrons. The highest BCUT2D eigenvalue weighted by Crippen LogP contribution is 2.42. The van der Waals surface area contributed by atoms with Gasteiger partial charge in [-0.25, -0.2) is 14.4 Å². The molecule has 0 amide bonds. The number of halogens is 2. The van der Waals surface area contributed by atoms with E-state index in [-0.39, 0.29) is 46.6 Å². The van der Waals surface area contributed by atoms with Crippen LogP contribution in [0.15, 0.2) is 58.9 Å². The molecule has 0 spiro atoms. The summed E-state index contributed by atoms with van der Waals surface area (Å²) in [6.45, 7) is 6.73. The van der Waals surface area contributed by atoms with Gasteiger partial charge in [0.2, 0.25) is 0 Å². The van der Waals surface area contributed by atoms with Gasteiger partial charge in [0, 0.05) is 16.4 Å². The van der Waals surface area contributed by atoms with Crippen LogP contribution in [0.1, 0.15) is 39.2 Å². The summed E-state index contributed by atoms with van der Waals surface area (Å²) in [5, 5.41) is 3.77. The molecular formula is C28H29Cl2NO8. The van der Waals surface area contributed by atoms with Crippen LogP contribution in [0.2, 0.25) is 10.0 Å². The largest absolute Gasteiger partial charge is 0.493 e. The Morgan fingerprint density at radius 2 is 1.44 bits per heavy atom. The Bertz CT molecular complexity index is 1290.